The Labute approximate surface area is 121 Å². The SMILES string of the molecule is CS[C@]1([NH2+]Cc2ccc(Cl)cc2)NN=C(C)C(=O)N1. The normalized spacial score (nSPS) is 22.5. The molecular weight excluding hydrogens is 284 g/mol. The number of carbonyl (C=O) groups is 1. The lowest BCUT2D eigenvalue weighted by molar-refractivity contribution is -0.726. The maximum atomic E-state index is 11.7. The quantitative estimate of drug-likeness (QED) is 0.708. The molecule has 0 aliphatic carbocycles. The molecule has 1 amide bonds. The van der Waals surface area contributed by atoms with Gasteiger partial charge < -0.3 is 0 Å². The van der Waals surface area contributed by atoms with Crippen molar-refractivity contribution in [2.45, 2.75) is 18.6 Å². The molecule has 0 bridgehead atoms. The van der Waals surface area contributed by atoms with Crippen LogP contribution < -0.4 is 16.1 Å². The molecule has 1 aromatic carbocycles. The maximum absolute atomic E-state index is 11.7. The lowest BCUT2D eigenvalue weighted by Crippen LogP contribution is -3.02. The van der Waals surface area contributed by atoms with E-state index < -0.39 is 5.12 Å². The fourth-order valence-corrected chi connectivity index (χ4v) is 2.37. The molecule has 19 heavy (non-hydrogen) atoms. The number of hydrazone groups is 1. The summed E-state index contributed by atoms with van der Waals surface area (Å²) in [6.07, 6.45) is 1.92. The van der Waals surface area contributed by atoms with E-state index >= 15 is 0 Å². The van der Waals surface area contributed by atoms with Gasteiger partial charge in [-0.1, -0.05) is 23.7 Å². The van der Waals surface area contributed by atoms with Gasteiger partial charge in [-0.25, -0.2) is 5.43 Å². The molecule has 0 radical (unpaired) electrons. The van der Waals surface area contributed by atoms with Gasteiger partial charge in [-0.05, 0) is 37.1 Å². The summed E-state index contributed by atoms with van der Waals surface area (Å²) in [5, 5.41) is 9.01. The lowest BCUT2D eigenvalue weighted by atomic mass is 10.2. The first-order chi connectivity index (χ1) is 9.04. The van der Waals surface area contributed by atoms with Crippen molar-refractivity contribution < 1.29 is 10.1 Å². The number of nitrogens with zero attached hydrogens (tertiary/aromatic N) is 1. The lowest BCUT2D eigenvalue weighted by Gasteiger charge is -2.32. The first-order valence-electron chi connectivity index (χ1n) is 5.82. The van der Waals surface area contributed by atoms with Crippen molar-refractivity contribution in [3.05, 3.63) is 34.9 Å². The summed E-state index contributed by atoms with van der Waals surface area (Å²) in [5.74, 6) is -0.152. The molecule has 0 unspecified atom stereocenters. The van der Waals surface area contributed by atoms with Crippen LogP contribution in [0.1, 0.15) is 12.5 Å². The fraction of sp³-hybridized carbons (Fsp3) is 0.333. The third-order valence-corrected chi connectivity index (χ3v) is 4.13. The van der Waals surface area contributed by atoms with E-state index in [0.717, 1.165) is 5.56 Å². The van der Waals surface area contributed by atoms with Crippen LogP contribution in [0.15, 0.2) is 29.4 Å². The molecule has 1 atom stereocenters. The number of carbonyl (C=O) groups excluding carboxylic acids is 1. The Morgan fingerprint density at radius 2 is 2.11 bits per heavy atom. The molecule has 0 saturated carbocycles. The Balaban J connectivity index is 2.04. The second-order valence-electron chi connectivity index (χ2n) is 4.24. The van der Waals surface area contributed by atoms with Crippen molar-refractivity contribution in [2.75, 3.05) is 6.26 Å². The number of halogens is 1. The largest absolute Gasteiger partial charge is 0.316 e. The Kier molecular flexibility index (Phi) is 4.34. The van der Waals surface area contributed by atoms with Gasteiger partial charge >= 0.3 is 5.12 Å². The molecule has 2 rings (SSSR count). The van der Waals surface area contributed by atoms with Gasteiger partial charge in [-0.2, -0.15) is 5.10 Å². The fourth-order valence-electron chi connectivity index (χ4n) is 1.66. The van der Waals surface area contributed by atoms with Crippen molar-refractivity contribution in [3.8, 4) is 0 Å². The summed E-state index contributed by atoms with van der Waals surface area (Å²) in [4.78, 5) is 11.7. The van der Waals surface area contributed by atoms with Crippen LogP contribution in [0.3, 0.4) is 0 Å². The summed E-state index contributed by atoms with van der Waals surface area (Å²) in [6.45, 7) is 2.38. The Morgan fingerprint density at radius 3 is 2.68 bits per heavy atom. The summed E-state index contributed by atoms with van der Waals surface area (Å²) in [6, 6.07) is 7.63. The second-order valence-corrected chi connectivity index (χ2v) is 5.73. The Hall–Kier alpha value is -1.24. The van der Waals surface area contributed by atoms with Crippen LogP contribution >= 0.6 is 23.4 Å². The van der Waals surface area contributed by atoms with Gasteiger partial charge in [0.2, 0.25) is 0 Å². The zero-order valence-corrected chi connectivity index (χ0v) is 12.3. The number of quaternary nitrogens is 1. The first kappa shape index (κ1) is 14.2. The average molecular weight is 300 g/mol. The highest BCUT2D eigenvalue weighted by atomic mass is 35.5. The smallest absolute Gasteiger partial charge is 0.292 e. The molecule has 1 heterocycles. The van der Waals surface area contributed by atoms with Crippen LogP contribution in [-0.2, 0) is 11.3 Å². The van der Waals surface area contributed by atoms with Crippen LogP contribution in [-0.4, -0.2) is 23.0 Å². The van der Waals surface area contributed by atoms with Gasteiger partial charge in [0.05, 0.1) is 0 Å². The monoisotopic (exact) mass is 299 g/mol. The van der Waals surface area contributed by atoms with Crippen molar-refractivity contribution in [2.24, 2.45) is 5.10 Å². The Morgan fingerprint density at radius 1 is 1.42 bits per heavy atom. The molecule has 0 spiro atoms. The minimum absolute atomic E-state index is 0.152. The van der Waals surface area contributed by atoms with Gasteiger partial charge in [0.25, 0.3) is 5.91 Å². The van der Waals surface area contributed by atoms with E-state index in [1.807, 2.05) is 35.8 Å². The predicted octanol–water partition coefficient (Wildman–Crippen LogP) is 0.473. The van der Waals surface area contributed by atoms with E-state index in [2.05, 4.69) is 15.8 Å². The highest BCUT2D eigenvalue weighted by Gasteiger charge is 2.38. The molecule has 7 heteroatoms. The molecule has 0 saturated heterocycles. The number of amides is 1. The summed E-state index contributed by atoms with van der Waals surface area (Å²) in [7, 11) is 0. The van der Waals surface area contributed by atoms with Crippen LogP contribution in [0.5, 0.6) is 0 Å². The van der Waals surface area contributed by atoms with E-state index in [0.29, 0.717) is 17.3 Å². The average Bonchev–Trinajstić information content (AvgIpc) is 2.42. The van der Waals surface area contributed by atoms with Crippen LogP contribution in [0.2, 0.25) is 5.02 Å². The molecule has 4 N–H and O–H groups in total. The summed E-state index contributed by atoms with van der Waals surface area (Å²) >= 11 is 7.34. The van der Waals surface area contributed by atoms with Crippen molar-refractivity contribution >= 4 is 35.0 Å². The minimum atomic E-state index is -0.657. The van der Waals surface area contributed by atoms with Crippen LogP contribution in [0.25, 0.3) is 0 Å². The summed E-state index contributed by atoms with van der Waals surface area (Å²) < 4.78 is 0. The molecular formula is C12H16ClN4OS+. The zero-order chi connectivity index (χ0) is 13.9. The molecule has 5 nitrogen and oxygen atoms in total. The van der Waals surface area contributed by atoms with Crippen LogP contribution in [0, 0.1) is 0 Å². The topological polar surface area (TPSA) is 70.1 Å². The number of nitrogens with one attached hydrogen (secondary N) is 2. The van der Waals surface area contributed by atoms with Gasteiger partial charge in [-0.15, -0.1) is 0 Å². The molecule has 0 aromatic heterocycles. The third-order valence-electron chi connectivity index (χ3n) is 2.88. The van der Waals surface area contributed by atoms with E-state index in [1.54, 1.807) is 6.92 Å². The van der Waals surface area contributed by atoms with Gasteiger partial charge in [0, 0.05) is 10.6 Å². The van der Waals surface area contributed by atoms with Gasteiger partial charge in [-0.3, -0.25) is 15.4 Å². The van der Waals surface area contributed by atoms with Gasteiger partial charge in [0.15, 0.2) is 0 Å². The maximum Gasteiger partial charge on any atom is 0.316 e. The van der Waals surface area contributed by atoms with Gasteiger partial charge in [0.1, 0.15) is 12.3 Å². The van der Waals surface area contributed by atoms with E-state index in [9.17, 15) is 4.79 Å². The minimum Gasteiger partial charge on any atom is -0.292 e. The highest BCUT2D eigenvalue weighted by Crippen LogP contribution is 2.12. The van der Waals surface area contributed by atoms with Crippen molar-refractivity contribution in [1.82, 2.24) is 10.7 Å². The number of thioether (sulfide) groups is 1. The zero-order valence-electron chi connectivity index (χ0n) is 10.7. The van der Waals surface area contributed by atoms with E-state index in [1.165, 1.54) is 11.8 Å². The predicted molar refractivity (Wildman–Crippen MR) is 77.7 cm³/mol. The molecule has 102 valence electrons. The summed E-state index contributed by atoms with van der Waals surface area (Å²) in [5.41, 5.74) is 4.54. The number of hydrogen-bond acceptors (Lipinski definition) is 4. The van der Waals surface area contributed by atoms with E-state index in [4.69, 9.17) is 11.6 Å². The number of benzene rings is 1. The molecule has 1 aliphatic heterocycles. The molecule has 1 aliphatic rings. The number of hydrogen-bond donors (Lipinski definition) is 3. The van der Waals surface area contributed by atoms with Crippen molar-refractivity contribution in [3.63, 3.8) is 0 Å². The molecule has 0 fully saturated rings. The second kappa shape index (κ2) is 5.81. The Bertz CT molecular complexity index is 505. The van der Waals surface area contributed by atoms with Crippen LogP contribution in [0.4, 0.5) is 0 Å². The third kappa shape index (κ3) is 3.40. The van der Waals surface area contributed by atoms with Crippen molar-refractivity contribution in [1.29, 1.82) is 0 Å². The first-order valence-corrected chi connectivity index (χ1v) is 7.43. The highest BCUT2D eigenvalue weighted by molar-refractivity contribution is 7.99. The molecule has 1 aromatic rings. The van der Waals surface area contributed by atoms with E-state index in [-0.39, 0.29) is 5.91 Å². The number of rotatable bonds is 4. The standard InChI is InChI=1S/C12H15ClN4OS/c1-8-11(18)15-12(19-2,17-16-8)14-7-9-3-5-10(13)6-4-9/h3-6,14,17H,7H2,1-2H3,(H,15,18)/p+1/t12-/m0/s1. The number of nitrogens with two attached hydrogens (primary N) is 1.